The van der Waals surface area contributed by atoms with Gasteiger partial charge in [0.15, 0.2) is 0 Å². The summed E-state index contributed by atoms with van der Waals surface area (Å²) in [6.45, 7) is 1.72. The maximum Gasteiger partial charge on any atom is 0.416 e. The van der Waals surface area contributed by atoms with Crippen LogP contribution >= 0.6 is 0 Å². The molecule has 3 rings (SSSR count). The van der Waals surface area contributed by atoms with Crippen molar-refractivity contribution in [1.29, 1.82) is 0 Å². The molecule has 126 valence electrons. The summed E-state index contributed by atoms with van der Waals surface area (Å²) in [5, 5.41) is 11.6. The molecule has 1 saturated carbocycles. The van der Waals surface area contributed by atoms with E-state index in [1.165, 1.54) is 18.3 Å². The molecular formula is C17H15F3N2O2. The second-order valence-corrected chi connectivity index (χ2v) is 5.96. The fourth-order valence-electron chi connectivity index (χ4n) is 2.48. The average molecular weight is 336 g/mol. The van der Waals surface area contributed by atoms with E-state index >= 15 is 0 Å². The Labute approximate surface area is 136 Å². The molecule has 1 fully saturated rings. The average Bonchev–Trinajstić information content (AvgIpc) is 3.37. The SMILES string of the molecule is Cc1cnc([NH+]([O-])C(=O)C2CC2)c(-c2cccc(C(F)(F)F)c2)c1. The number of nitrogens with zero attached hydrogens (tertiary/aromatic N) is 1. The molecule has 0 aliphatic heterocycles. The number of rotatable bonds is 3. The lowest BCUT2D eigenvalue weighted by Crippen LogP contribution is -3.06. The van der Waals surface area contributed by atoms with Crippen molar-refractivity contribution in [2.75, 3.05) is 0 Å². The van der Waals surface area contributed by atoms with Crippen LogP contribution in [0.25, 0.3) is 11.1 Å². The van der Waals surface area contributed by atoms with E-state index in [1.54, 1.807) is 13.0 Å². The van der Waals surface area contributed by atoms with E-state index in [1.807, 2.05) is 0 Å². The van der Waals surface area contributed by atoms with Crippen molar-refractivity contribution in [3.05, 3.63) is 52.9 Å². The number of quaternary nitrogens is 1. The molecule has 0 spiro atoms. The van der Waals surface area contributed by atoms with Gasteiger partial charge in [0, 0.05) is 6.20 Å². The normalized spacial score (nSPS) is 16.0. The van der Waals surface area contributed by atoms with Gasteiger partial charge in [-0.3, -0.25) is 5.06 Å². The van der Waals surface area contributed by atoms with Crippen LogP contribution < -0.4 is 5.06 Å². The second kappa shape index (κ2) is 5.99. The molecule has 1 aromatic carbocycles. The third-order valence-electron chi connectivity index (χ3n) is 3.91. The van der Waals surface area contributed by atoms with Crippen LogP contribution in [0.1, 0.15) is 24.0 Å². The van der Waals surface area contributed by atoms with Gasteiger partial charge < -0.3 is 5.21 Å². The monoisotopic (exact) mass is 336 g/mol. The molecule has 7 heteroatoms. The maximum atomic E-state index is 12.9. The molecule has 24 heavy (non-hydrogen) atoms. The highest BCUT2D eigenvalue weighted by Gasteiger charge is 2.37. The van der Waals surface area contributed by atoms with Gasteiger partial charge in [-0.2, -0.15) is 13.2 Å². The van der Waals surface area contributed by atoms with Crippen LogP contribution in [0.3, 0.4) is 0 Å². The molecule has 1 aliphatic carbocycles. The smallest absolute Gasteiger partial charge is 0.416 e. The zero-order valence-corrected chi connectivity index (χ0v) is 12.9. The number of aryl methyl sites for hydroxylation is 1. The number of pyridine rings is 1. The molecule has 0 bridgehead atoms. The fourth-order valence-corrected chi connectivity index (χ4v) is 2.48. The molecule has 0 radical (unpaired) electrons. The Morgan fingerprint density at radius 1 is 1.29 bits per heavy atom. The van der Waals surface area contributed by atoms with E-state index in [4.69, 9.17) is 0 Å². The minimum absolute atomic E-state index is 0.0863. The maximum absolute atomic E-state index is 12.9. The van der Waals surface area contributed by atoms with Gasteiger partial charge in [0.1, 0.15) is 0 Å². The van der Waals surface area contributed by atoms with Crippen molar-refractivity contribution in [1.82, 2.24) is 4.98 Å². The highest BCUT2D eigenvalue weighted by molar-refractivity contribution is 5.79. The summed E-state index contributed by atoms with van der Waals surface area (Å²) in [4.78, 5) is 16.1. The number of nitrogens with one attached hydrogen (secondary N) is 1. The van der Waals surface area contributed by atoms with Gasteiger partial charge in [0.25, 0.3) is 0 Å². The van der Waals surface area contributed by atoms with Gasteiger partial charge in [-0.25, -0.2) is 9.78 Å². The van der Waals surface area contributed by atoms with Gasteiger partial charge in [-0.05, 0) is 49.1 Å². The van der Waals surface area contributed by atoms with Crippen molar-refractivity contribution >= 4 is 11.7 Å². The van der Waals surface area contributed by atoms with Gasteiger partial charge in [-0.15, -0.1) is 0 Å². The summed E-state index contributed by atoms with van der Waals surface area (Å²) in [5.41, 5.74) is 0.347. The van der Waals surface area contributed by atoms with Crippen molar-refractivity contribution in [3.63, 3.8) is 0 Å². The van der Waals surface area contributed by atoms with E-state index in [0.29, 0.717) is 18.4 Å². The molecule has 4 nitrogen and oxygen atoms in total. The Bertz CT molecular complexity index is 786. The predicted molar refractivity (Wildman–Crippen MR) is 81.1 cm³/mol. The van der Waals surface area contributed by atoms with Gasteiger partial charge in [-0.1, -0.05) is 12.1 Å². The van der Waals surface area contributed by atoms with Gasteiger partial charge >= 0.3 is 12.1 Å². The number of benzene rings is 1. The summed E-state index contributed by atoms with van der Waals surface area (Å²) in [5.74, 6) is -0.869. The number of halogens is 3. The lowest BCUT2D eigenvalue weighted by Gasteiger charge is -2.21. The number of hydrogen-bond acceptors (Lipinski definition) is 3. The zero-order chi connectivity index (χ0) is 17.5. The van der Waals surface area contributed by atoms with Crippen molar-refractivity contribution in [3.8, 4) is 11.1 Å². The number of amides is 1. The Hall–Kier alpha value is -2.25. The third kappa shape index (κ3) is 3.32. The Balaban J connectivity index is 2.07. The largest absolute Gasteiger partial charge is 0.620 e. The van der Waals surface area contributed by atoms with Crippen LogP contribution in [0.2, 0.25) is 0 Å². The number of hydrogen-bond donors (Lipinski definition) is 1. The quantitative estimate of drug-likeness (QED) is 0.877. The van der Waals surface area contributed by atoms with Crippen molar-refractivity contribution in [2.45, 2.75) is 25.9 Å². The standard InChI is InChI=1S/C17H15F3N2O2/c1-10-7-14(12-3-2-4-13(8-12)17(18,19)20)15(21-9-10)22(24)16(23)11-5-6-11/h2-4,7-9,11,22H,5-6H2,1H3. The van der Waals surface area contributed by atoms with E-state index in [9.17, 15) is 23.2 Å². The van der Waals surface area contributed by atoms with E-state index < -0.39 is 22.7 Å². The minimum Gasteiger partial charge on any atom is -0.620 e. The predicted octanol–water partition coefficient (Wildman–Crippen LogP) is 3.03. The molecule has 1 atom stereocenters. The summed E-state index contributed by atoms with van der Waals surface area (Å²) in [6, 6.07) is 6.26. The van der Waals surface area contributed by atoms with Crippen LogP contribution in [0, 0.1) is 18.0 Å². The molecule has 1 aromatic heterocycles. The van der Waals surface area contributed by atoms with E-state index in [0.717, 1.165) is 12.1 Å². The highest BCUT2D eigenvalue weighted by Crippen LogP contribution is 2.34. The second-order valence-electron chi connectivity index (χ2n) is 5.96. The van der Waals surface area contributed by atoms with Crippen LogP contribution in [-0.2, 0) is 11.0 Å². The molecule has 0 saturated heterocycles. The van der Waals surface area contributed by atoms with Gasteiger partial charge in [0.2, 0.25) is 5.82 Å². The molecule has 1 aliphatic rings. The molecule has 1 unspecified atom stereocenters. The first-order valence-electron chi connectivity index (χ1n) is 7.50. The number of aromatic nitrogens is 1. The fraction of sp³-hybridized carbons (Fsp3) is 0.294. The molecule has 1 heterocycles. The van der Waals surface area contributed by atoms with Gasteiger partial charge in [0.05, 0.1) is 17.0 Å². The first-order valence-corrected chi connectivity index (χ1v) is 7.50. The number of carbonyl (C=O) groups is 1. The Morgan fingerprint density at radius 2 is 2.00 bits per heavy atom. The topological polar surface area (TPSA) is 57.5 Å². The van der Waals surface area contributed by atoms with Crippen molar-refractivity contribution in [2.24, 2.45) is 5.92 Å². The van der Waals surface area contributed by atoms with Crippen LogP contribution in [0.15, 0.2) is 36.5 Å². The first-order chi connectivity index (χ1) is 11.3. The highest BCUT2D eigenvalue weighted by atomic mass is 19.4. The lowest BCUT2D eigenvalue weighted by molar-refractivity contribution is -0.693. The summed E-state index contributed by atoms with van der Waals surface area (Å²) in [7, 11) is 0. The summed E-state index contributed by atoms with van der Waals surface area (Å²) >= 11 is 0. The lowest BCUT2D eigenvalue weighted by atomic mass is 10.0. The zero-order valence-electron chi connectivity index (χ0n) is 12.9. The summed E-state index contributed by atoms with van der Waals surface area (Å²) < 4.78 is 38.8. The molecule has 1 amide bonds. The number of hydroxylamine groups is 1. The Morgan fingerprint density at radius 3 is 2.62 bits per heavy atom. The van der Waals surface area contributed by atoms with Crippen LogP contribution in [0.5, 0.6) is 0 Å². The number of carbonyl (C=O) groups excluding carboxylic acids is 1. The molecule has 1 N–H and O–H groups in total. The number of alkyl halides is 3. The van der Waals surface area contributed by atoms with Crippen LogP contribution in [-0.4, -0.2) is 10.9 Å². The van der Waals surface area contributed by atoms with Crippen molar-refractivity contribution < 1.29 is 23.0 Å². The van der Waals surface area contributed by atoms with Crippen LogP contribution in [0.4, 0.5) is 19.0 Å². The van der Waals surface area contributed by atoms with E-state index in [-0.39, 0.29) is 22.9 Å². The third-order valence-corrected chi connectivity index (χ3v) is 3.91. The molecule has 2 aromatic rings. The Kier molecular flexibility index (Phi) is 4.15. The minimum atomic E-state index is -4.48. The first kappa shape index (κ1) is 16.6. The molecular weight excluding hydrogens is 321 g/mol. The van der Waals surface area contributed by atoms with E-state index in [2.05, 4.69) is 4.98 Å². The summed E-state index contributed by atoms with van der Waals surface area (Å²) in [6.07, 6.45) is -1.70.